The van der Waals surface area contributed by atoms with Crippen LogP contribution in [0.15, 0.2) is 12.3 Å². The molecule has 3 N–H and O–H groups in total. The highest BCUT2D eigenvalue weighted by molar-refractivity contribution is 5.43. The molecule has 102 valence electrons. The molecule has 0 fully saturated rings. The minimum Gasteiger partial charge on any atom is -0.383 e. The first-order valence-electron chi connectivity index (χ1n) is 6.79. The van der Waals surface area contributed by atoms with Crippen LogP contribution in [0, 0.1) is 12.3 Å². The van der Waals surface area contributed by atoms with E-state index in [1.165, 1.54) is 0 Å². The minimum atomic E-state index is 0.265. The van der Waals surface area contributed by atoms with Crippen molar-refractivity contribution in [3.63, 3.8) is 0 Å². The first-order chi connectivity index (χ1) is 8.33. The van der Waals surface area contributed by atoms with Crippen LogP contribution in [-0.4, -0.2) is 11.5 Å². The Bertz CT molecular complexity index is 380. The summed E-state index contributed by atoms with van der Waals surface area (Å²) in [6, 6.07) is 2.44. The lowest BCUT2D eigenvalue weighted by Gasteiger charge is -2.28. The van der Waals surface area contributed by atoms with Crippen molar-refractivity contribution in [2.45, 2.75) is 53.5 Å². The van der Waals surface area contributed by atoms with Crippen LogP contribution < -0.4 is 11.1 Å². The Morgan fingerprint density at radius 2 is 2.06 bits per heavy atom. The van der Waals surface area contributed by atoms with Gasteiger partial charge in [0.2, 0.25) is 0 Å². The number of nitrogens with two attached hydrogens (primary N) is 1. The number of aromatic nitrogens is 1. The molecule has 0 saturated carbocycles. The molecule has 1 heterocycles. The van der Waals surface area contributed by atoms with E-state index in [2.05, 4.69) is 51.0 Å². The summed E-state index contributed by atoms with van der Waals surface area (Å²) in [5, 5.41) is 3.59. The summed E-state index contributed by atoms with van der Waals surface area (Å²) in [6.45, 7) is 12.0. The molecule has 0 spiro atoms. The molecule has 1 aromatic rings. The van der Waals surface area contributed by atoms with Gasteiger partial charge in [-0.15, -0.1) is 0 Å². The molecule has 3 nitrogen and oxygen atoms in total. The third kappa shape index (κ3) is 4.65. The zero-order valence-electron chi connectivity index (χ0n) is 12.4. The number of nitrogens with zero attached hydrogens (tertiary/aromatic N) is 1. The van der Waals surface area contributed by atoms with Gasteiger partial charge in [-0.1, -0.05) is 27.7 Å². The maximum Gasteiger partial charge on any atom is 0.128 e. The Labute approximate surface area is 111 Å². The molecule has 0 radical (unpaired) electrons. The van der Waals surface area contributed by atoms with Gasteiger partial charge in [0.25, 0.3) is 0 Å². The molecule has 0 aromatic carbocycles. The van der Waals surface area contributed by atoms with Crippen LogP contribution in [0.2, 0.25) is 0 Å². The summed E-state index contributed by atoms with van der Waals surface area (Å²) in [4.78, 5) is 4.28. The molecule has 0 aliphatic heterocycles. The number of rotatable bonds is 5. The van der Waals surface area contributed by atoms with Gasteiger partial charge in [0.15, 0.2) is 0 Å². The smallest absolute Gasteiger partial charge is 0.128 e. The quantitative estimate of drug-likeness (QED) is 0.840. The Hall–Kier alpha value is -1.09. The molecular formula is C15H27N3. The summed E-state index contributed by atoms with van der Waals surface area (Å²) in [6.07, 6.45) is 4.01. The topological polar surface area (TPSA) is 50.9 Å². The Kier molecular flexibility index (Phi) is 5.15. The molecule has 0 aliphatic carbocycles. The van der Waals surface area contributed by atoms with Crippen LogP contribution in [0.4, 0.5) is 5.82 Å². The average Bonchev–Trinajstić information content (AvgIpc) is 2.26. The van der Waals surface area contributed by atoms with Crippen molar-refractivity contribution in [2.24, 2.45) is 5.41 Å². The molecular weight excluding hydrogens is 222 g/mol. The van der Waals surface area contributed by atoms with Crippen LogP contribution in [-0.2, 0) is 0 Å². The van der Waals surface area contributed by atoms with Gasteiger partial charge in [-0.3, -0.25) is 0 Å². The number of aryl methyl sites for hydroxylation is 1. The maximum atomic E-state index is 6.03. The molecule has 18 heavy (non-hydrogen) atoms. The zero-order chi connectivity index (χ0) is 13.8. The highest BCUT2D eigenvalue weighted by Gasteiger charge is 2.21. The predicted octanol–water partition coefficient (Wildman–Crippen LogP) is 3.45. The van der Waals surface area contributed by atoms with E-state index in [0.717, 1.165) is 30.5 Å². The molecule has 0 amide bonds. The lowest BCUT2D eigenvalue weighted by Crippen LogP contribution is -2.27. The first-order valence-corrected chi connectivity index (χ1v) is 6.79. The van der Waals surface area contributed by atoms with Gasteiger partial charge < -0.3 is 11.1 Å². The zero-order valence-corrected chi connectivity index (χ0v) is 12.4. The lowest BCUT2D eigenvalue weighted by atomic mass is 9.85. The molecule has 3 heteroatoms. The summed E-state index contributed by atoms with van der Waals surface area (Å²) >= 11 is 0. The Morgan fingerprint density at radius 1 is 1.39 bits per heavy atom. The lowest BCUT2D eigenvalue weighted by molar-refractivity contribution is 0.312. The third-order valence-electron chi connectivity index (χ3n) is 2.92. The highest BCUT2D eigenvalue weighted by Crippen LogP contribution is 2.31. The standard InChI is InChI=1S/C15H27N3/c1-6-7-17-13(9-15(3,4)5)12-8-11(2)10-18-14(12)16/h8,10,13,17H,6-7,9H2,1-5H3,(H2,16,18). The van der Waals surface area contributed by atoms with Crippen molar-refractivity contribution in [3.05, 3.63) is 23.4 Å². The second-order valence-electron chi connectivity index (χ2n) is 6.26. The van der Waals surface area contributed by atoms with Crippen molar-refractivity contribution in [1.29, 1.82) is 0 Å². The van der Waals surface area contributed by atoms with Crippen molar-refractivity contribution < 1.29 is 0 Å². The van der Waals surface area contributed by atoms with Crippen LogP contribution in [0.5, 0.6) is 0 Å². The second kappa shape index (κ2) is 6.19. The van der Waals surface area contributed by atoms with Crippen molar-refractivity contribution in [3.8, 4) is 0 Å². The molecule has 0 aliphatic rings. The normalized spacial score (nSPS) is 13.6. The van der Waals surface area contributed by atoms with Gasteiger partial charge in [0.05, 0.1) is 0 Å². The van der Waals surface area contributed by atoms with E-state index in [-0.39, 0.29) is 11.5 Å². The van der Waals surface area contributed by atoms with E-state index < -0.39 is 0 Å². The molecule has 0 saturated heterocycles. The molecule has 1 atom stereocenters. The molecule has 1 rings (SSSR count). The third-order valence-corrected chi connectivity index (χ3v) is 2.92. The van der Waals surface area contributed by atoms with E-state index in [9.17, 15) is 0 Å². The number of nitrogens with one attached hydrogen (secondary N) is 1. The Morgan fingerprint density at radius 3 is 2.61 bits per heavy atom. The van der Waals surface area contributed by atoms with Crippen LogP contribution in [0.3, 0.4) is 0 Å². The maximum absolute atomic E-state index is 6.03. The van der Waals surface area contributed by atoms with E-state index >= 15 is 0 Å². The van der Waals surface area contributed by atoms with Crippen molar-refractivity contribution in [2.75, 3.05) is 12.3 Å². The fourth-order valence-electron chi connectivity index (χ4n) is 2.10. The highest BCUT2D eigenvalue weighted by atomic mass is 14.9. The van der Waals surface area contributed by atoms with Crippen LogP contribution in [0.1, 0.15) is 57.7 Å². The van der Waals surface area contributed by atoms with Gasteiger partial charge in [-0.25, -0.2) is 4.98 Å². The van der Waals surface area contributed by atoms with Crippen LogP contribution >= 0.6 is 0 Å². The molecule has 1 aromatic heterocycles. The minimum absolute atomic E-state index is 0.265. The number of hydrogen-bond donors (Lipinski definition) is 2. The summed E-state index contributed by atoms with van der Waals surface area (Å²) < 4.78 is 0. The number of anilines is 1. The number of hydrogen-bond acceptors (Lipinski definition) is 3. The second-order valence-corrected chi connectivity index (χ2v) is 6.26. The van der Waals surface area contributed by atoms with E-state index in [1.807, 2.05) is 6.20 Å². The largest absolute Gasteiger partial charge is 0.383 e. The van der Waals surface area contributed by atoms with E-state index in [1.54, 1.807) is 0 Å². The van der Waals surface area contributed by atoms with Crippen molar-refractivity contribution >= 4 is 5.82 Å². The van der Waals surface area contributed by atoms with Gasteiger partial charge in [0.1, 0.15) is 5.82 Å². The van der Waals surface area contributed by atoms with Gasteiger partial charge >= 0.3 is 0 Å². The average molecular weight is 249 g/mol. The SMILES string of the molecule is CCCNC(CC(C)(C)C)c1cc(C)cnc1N. The molecule has 1 unspecified atom stereocenters. The fourth-order valence-corrected chi connectivity index (χ4v) is 2.10. The van der Waals surface area contributed by atoms with E-state index in [4.69, 9.17) is 5.73 Å². The Balaban J connectivity index is 2.97. The monoisotopic (exact) mass is 249 g/mol. The van der Waals surface area contributed by atoms with Gasteiger partial charge in [0, 0.05) is 17.8 Å². The predicted molar refractivity (Wildman–Crippen MR) is 78.5 cm³/mol. The summed E-state index contributed by atoms with van der Waals surface area (Å²) in [5.74, 6) is 0.651. The summed E-state index contributed by atoms with van der Waals surface area (Å²) in [5.41, 5.74) is 8.60. The summed E-state index contributed by atoms with van der Waals surface area (Å²) in [7, 11) is 0. The number of nitrogen functional groups attached to an aromatic ring is 1. The van der Waals surface area contributed by atoms with Gasteiger partial charge in [-0.05, 0) is 43.4 Å². The van der Waals surface area contributed by atoms with Crippen molar-refractivity contribution in [1.82, 2.24) is 10.3 Å². The molecule has 0 bridgehead atoms. The number of pyridine rings is 1. The van der Waals surface area contributed by atoms with Crippen LogP contribution in [0.25, 0.3) is 0 Å². The van der Waals surface area contributed by atoms with E-state index in [0.29, 0.717) is 5.82 Å². The fraction of sp³-hybridized carbons (Fsp3) is 0.667. The van der Waals surface area contributed by atoms with Gasteiger partial charge in [-0.2, -0.15) is 0 Å². The first kappa shape index (κ1) is 15.0.